The number of aryl methyl sites for hydroxylation is 1. The second-order valence-corrected chi connectivity index (χ2v) is 11.1. The number of aromatic nitrogens is 4. The minimum atomic E-state index is -0.508. The summed E-state index contributed by atoms with van der Waals surface area (Å²) in [5, 5.41) is 7.24. The lowest BCUT2D eigenvalue weighted by molar-refractivity contribution is 0.0208. The maximum Gasteiger partial charge on any atom is 0.410 e. The Balaban J connectivity index is 1.20. The van der Waals surface area contributed by atoms with Crippen LogP contribution in [0.3, 0.4) is 0 Å². The number of ether oxygens (including phenoxy) is 2. The van der Waals surface area contributed by atoms with E-state index >= 15 is 0 Å². The van der Waals surface area contributed by atoms with Crippen LogP contribution in [0.1, 0.15) is 56.2 Å². The van der Waals surface area contributed by atoms with Gasteiger partial charge in [0.25, 0.3) is 5.91 Å². The predicted molar refractivity (Wildman–Crippen MR) is 143 cm³/mol. The number of anilines is 2. The normalized spacial score (nSPS) is 17.5. The fourth-order valence-corrected chi connectivity index (χ4v) is 4.74. The van der Waals surface area contributed by atoms with Gasteiger partial charge in [-0.1, -0.05) is 0 Å². The van der Waals surface area contributed by atoms with Gasteiger partial charge in [-0.2, -0.15) is 5.10 Å². The molecule has 0 bridgehead atoms. The Labute approximate surface area is 222 Å². The maximum atomic E-state index is 12.9. The molecule has 1 atom stereocenters. The molecule has 1 saturated carbocycles. The van der Waals surface area contributed by atoms with Crippen molar-refractivity contribution in [3.8, 4) is 5.75 Å². The van der Waals surface area contributed by atoms with Crippen LogP contribution in [0, 0.1) is 12.8 Å². The Morgan fingerprint density at radius 3 is 2.61 bits per heavy atom. The van der Waals surface area contributed by atoms with Crippen molar-refractivity contribution >= 4 is 29.0 Å². The third-order valence-corrected chi connectivity index (χ3v) is 6.70. The Morgan fingerprint density at radius 1 is 1.16 bits per heavy atom. The molecule has 0 spiro atoms. The van der Waals surface area contributed by atoms with Gasteiger partial charge in [0, 0.05) is 25.7 Å². The number of nitrogens with zero attached hydrogens (tertiary/aromatic N) is 6. The summed E-state index contributed by atoms with van der Waals surface area (Å²) in [5.74, 6) is 1.16. The van der Waals surface area contributed by atoms with E-state index in [9.17, 15) is 9.59 Å². The molecule has 2 amide bonds. The van der Waals surface area contributed by atoms with Crippen molar-refractivity contribution in [3.63, 3.8) is 0 Å². The Hall–Kier alpha value is -3.89. The number of pyridine rings is 1. The molecule has 0 aromatic carbocycles. The van der Waals surface area contributed by atoms with Gasteiger partial charge >= 0.3 is 6.09 Å². The highest BCUT2D eigenvalue weighted by Crippen LogP contribution is 2.32. The zero-order valence-electron chi connectivity index (χ0n) is 22.6. The highest BCUT2D eigenvalue weighted by molar-refractivity contribution is 6.03. The first-order valence-electron chi connectivity index (χ1n) is 13.0. The van der Waals surface area contributed by atoms with Crippen molar-refractivity contribution in [1.29, 1.82) is 0 Å². The monoisotopic (exact) mass is 521 g/mol. The molecule has 2 aliphatic rings. The van der Waals surface area contributed by atoms with E-state index < -0.39 is 5.60 Å². The fraction of sp³-hybridized carbons (Fsp3) is 0.519. The van der Waals surface area contributed by atoms with E-state index in [-0.39, 0.29) is 23.7 Å². The molecular weight excluding hydrogens is 486 g/mol. The highest BCUT2D eigenvalue weighted by atomic mass is 16.6. The summed E-state index contributed by atoms with van der Waals surface area (Å²) in [7, 11) is 1.54. The molecule has 202 valence electrons. The first-order valence-corrected chi connectivity index (χ1v) is 13.0. The van der Waals surface area contributed by atoms with E-state index in [1.165, 1.54) is 6.20 Å². The summed E-state index contributed by atoms with van der Waals surface area (Å²) >= 11 is 0. The van der Waals surface area contributed by atoms with E-state index in [4.69, 9.17) is 9.47 Å². The maximum absolute atomic E-state index is 12.9. The van der Waals surface area contributed by atoms with Gasteiger partial charge in [0.05, 0.1) is 42.6 Å². The number of hydrogen-bond donors (Lipinski definition) is 1. The molecule has 1 N–H and O–H groups in total. The lowest BCUT2D eigenvalue weighted by Gasteiger charge is -2.29. The van der Waals surface area contributed by atoms with E-state index in [2.05, 4.69) is 25.3 Å². The van der Waals surface area contributed by atoms with Gasteiger partial charge in [-0.3, -0.25) is 4.79 Å². The summed E-state index contributed by atoms with van der Waals surface area (Å²) < 4.78 is 12.8. The minimum Gasteiger partial charge on any atom is -0.493 e. The van der Waals surface area contributed by atoms with Crippen LogP contribution < -0.4 is 15.0 Å². The molecule has 38 heavy (non-hydrogen) atoms. The molecule has 3 aromatic rings. The molecule has 11 heteroatoms. The Morgan fingerprint density at radius 2 is 1.95 bits per heavy atom. The number of amides is 2. The Bertz CT molecular complexity index is 1330. The smallest absolute Gasteiger partial charge is 0.410 e. The molecule has 11 nitrogen and oxygen atoms in total. The van der Waals surface area contributed by atoms with Crippen LogP contribution in [-0.4, -0.2) is 74.9 Å². The molecular formula is C27H35N7O4. The molecule has 1 aliphatic carbocycles. The van der Waals surface area contributed by atoms with Gasteiger partial charge in [0.1, 0.15) is 17.1 Å². The Kier molecular flexibility index (Phi) is 6.85. The molecule has 3 aromatic heterocycles. The number of fused-ring (bicyclic) bond motifs is 1. The average Bonchev–Trinajstić information content (AvgIpc) is 3.47. The van der Waals surface area contributed by atoms with Gasteiger partial charge in [0.2, 0.25) is 0 Å². The summed E-state index contributed by atoms with van der Waals surface area (Å²) in [6.45, 7) is 9.85. The summed E-state index contributed by atoms with van der Waals surface area (Å²) in [6, 6.07) is 4.02. The largest absolute Gasteiger partial charge is 0.493 e. The summed E-state index contributed by atoms with van der Waals surface area (Å²) in [4.78, 5) is 38.6. The van der Waals surface area contributed by atoms with Crippen LogP contribution in [0.2, 0.25) is 0 Å². The quantitative estimate of drug-likeness (QED) is 0.498. The highest BCUT2D eigenvalue weighted by Gasteiger charge is 2.38. The lowest BCUT2D eigenvalue weighted by Crippen LogP contribution is -2.41. The van der Waals surface area contributed by atoms with E-state index in [0.717, 1.165) is 43.6 Å². The second kappa shape index (κ2) is 10.1. The molecule has 1 aliphatic heterocycles. The van der Waals surface area contributed by atoms with Crippen molar-refractivity contribution in [2.75, 3.05) is 37.0 Å². The van der Waals surface area contributed by atoms with Crippen LogP contribution in [0.25, 0.3) is 5.52 Å². The summed E-state index contributed by atoms with van der Waals surface area (Å²) in [6.07, 6.45) is 7.63. The fourth-order valence-electron chi connectivity index (χ4n) is 4.74. The number of nitrogens with one attached hydrogen (secondary N) is 1. The van der Waals surface area contributed by atoms with Crippen molar-refractivity contribution in [3.05, 3.63) is 42.1 Å². The van der Waals surface area contributed by atoms with E-state index in [1.807, 2.05) is 44.7 Å². The van der Waals surface area contributed by atoms with Gasteiger partial charge in [-0.25, -0.2) is 19.3 Å². The zero-order chi connectivity index (χ0) is 27.0. The number of carbonyl (C=O) groups is 2. The minimum absolute atomic E-state index is 0.209. The van der Waals surface area contributed by atoms with Crippen LogP contribution in [0.15, 0.2) is 30.7 Å². The van der Waals surface area contributed by atoms with Crippen LogP contribution in [-0.2, 0) is 4.74 Å². The van der Waals surface area contributed by atoms with Gasteiger partial charge in [-0.15, -0.1) is 0 Å². The first-order chi connectivity index (χ1) is 18.1. The summed E-state index contributed by atoms with van der Waals surface area (Å²) in [5.41, 5.74) is 1.94. The van der Waals surface area contributed by atoms with Crippen LogP contribution in [0.5, 0.6) is 5.75 Å². The van der Waals surface area contributed by atoms with Crippen LogP contribution >= 0.6 is 0 Å². The number of carbonyl (C=O) groups excluding carboxylic acids is 2. The third-order valence-electron chi connectivity index (χ3n) is 6.70. The van der Waals surface area contributed by atoms with Gasteiger partial charge in [0.15, 0.2) is 5.75 Å². The topological polar surface area (TPSA) is 114 Å². The molecule has 0 radical (unpaired) electrons. The van der Waals surface area contributed by atoms with E-state index in [1.54, 1.807) is 24.0 Å². The van der Waals surface area contributed by atoms with Crippen molar-refractivity contribution in [2.24, 2.45) is 5.92 Å². The molecule has 5 rings (SSSR count). The number of hydrogen-bond acceptors (Lipinski definition) is 8. The zero-order valence-corrected chi connectivity index (χ0v) is 22.6. The number of rotatable bonds is 7. The first kappa shape index (κ1) is 25.7. The van der Waals surface area contributed by atoms with Crippen molar-refractivity contribution in [2.45, 2.75) is 58.6 Å². The van der Waals surface area contributed by atoms with Crippen LogP contribution in [0.4, 0.5) is 16.3 Å². The average molecular weight is 522 g/mol. The SMILES string of the molecule is COc1cn2nc(C)cc2cc1NC(=O)c1cnc(N2CCC(CN(C(=O)OC(C)(C)C)C3CC3)C2)cn1. The van der Waals surface area contributed by atoms with Crippen molar-refractivity contribution in [1.82, 2.24) is 24.5 Å². The third kappa shape index (κ3) is 5.81. The van der Waals surface area contributed by atoms with Gasteiger partial charge in [-0.05, 0) is 65.0 Å². The molecule has 2 fully saturated rings. The lowest BCUT2D eigenvalue weighted by atomic mass is 10.1. The number of methoxy groups -OCH3 is 1. The second-order valence-electron chi connectivity index (χ2n) is 11.1. The standard InChI is InChI=1S/C27H35N7O4/c1-17-10-20-11-21(23(37-5)16-34(20)31-17)30-25(35)22-12-29-24(13-28-22)32-9-8-18(14-32)15-33(19-6-7-19)26(36)38-27(2,3)4/h10-13,16,18-19H,6-9,14-15H2,1-5H3,(H,30,35). The van der Waals surface area contributed by atoms with E-state index in [0.29, 0.717) is 29.7 Å². The molecule has 1 saturated heterocycles. The predicted octanol–water partition coefficient (Wildman–Crippen LogP) is 3.92. The molecule has 4 heterocycles. The molecule has 1 unspecified atom stereocenters. The van der Waals surface area contributed by atoms with Crippen molar-refractivity contribution < 1.29 is 19.1 Å². The van der Waals surface area contributed by atoms with Gasteiger partial charge < -0.3 is 24.6 Å².